The Morgan fingerprint density at radius 3 is 2.55 bits per heavy atom. The maximum absolute atomic E-state index is 13.6. The summed E-state index contributed by atoms with van der Waals surface area (Å²) in [6, 6.07) is 19.8. The first-order chi connectivity index (χ1) is 14.9. The highest BCUT2D eigenvalue weighted by Crippen LogP contribution is 2.37. The van der Waals surface area contributed by atoms with Crippen molar-refractivity contribution < 1.29 is 18.7 Å². The number of para-hydroxylation sites is 1. The Morgan fingerprint density at radius 1 is 1.13 bits per heavy atom. The van der Waals surface area contributed by atoms with E-state index >= 15 is 0 Å². The lowest BCUT2D eigenvalue weighted by atomic mass is 9.95. The fourth-order valence-corrected chi connectivity index (χ4v) is 4.05. The van der Waals surface area contributed by atoms with Gasteiger partial charge in [0.05, 0.1) is 6.04 Å². The van der Waals surface area contributed by atoms with E-state index in [0.29, 0.717) is 17.0 Å². The molecule has 0 aliphatic carbocycles. The van der Waals surface area contributed by atoms with Crippen LogP contribution in [0.25, 0.3) is 0 Å². The summed E-state index contributed by atoms with van der Waals surface area (Å²) < 4.78 is 20.2. The number of rotatable bonds is 4. The van der Waals surface area contributed by atoms with Crippen molar-refractivity contribution in [1.82, 2.24) is 4.90 Å². The van der Waals surface area contributed by atoms with E-state index in [-0.39, 0.29) is 24.2 Å². The van der Waals surface area contributed by atoms with Crippen LogP contribution in [0.2, 0.25) is 0 Å². The Balaban J connectivity index is 1.76. The molecule has 1 aliphatic rings. The molecular formula is C24H20BrFN2O3. The predicted octanol–water partition coefficient (Wildman–Crippen LogP) is 4.93. The van der Waals surface area contributed by atoms with Crippen LogP contribution in [0.15, 0.2) is 77.3 Å². The van der Waals surface area contributed by atoms with Crippen LogP contribution in [-0.2, 0) is 9.59 Å². The summed E-state index contributed by atoms with van der Waals surface area (Å²) in [5.74, 6) is -0.474. The smallest absolute Gasteiger partial charge is 0.264 e. The molecular weight excluding hydrogens is 463 g/mol. The Hall–Kier alpha value is -3.19. The Kier molecular flexibility index (Phi) is 6.04. The second-order valence-electron chi connectivity index (χ2n) is 7.27. The van der Waals surface area contributed by atoms with Gasteiger partial charge in [0, 0.05) is 15.7 Å². The standard InChI is InChI=1S/C24H20BrFN2O3/c1-15(31-19-5-3-2-4-6-19)24(30)28-14-22(29)27-21-12-9-17(25)13-20(21)23(28)16-7-10-18(26)11-8-16/h2-13,15,23H,14H2,1H3,(H,27,29)/t15-,23-/m1/s1. The van der Waals surface area contributed by atoms with E-state index in [1.807, 2.05) is 30.3 Å². The van der Waals surface area contributed by atoms with E-state index in [1.165, 1.54) is 17.0 Å². The van der Waals surface area contributed by atoms with E-state index in [4.69, 9.17) is 4.74 Å². The third kappa shape index (κ3) is 4.61. The molecule has 1 N–H and O–H groups in total. The largest absolute Gasteiger partial charge is 0.481 e. The average molecular weight is 483 g/mol. The third-order valence-corrected chi connectivity index (χ3v) is 5.57. The molecule has 0 radical (unpaired) electrons. The Labute approximate surface area is 188 Å². The highest BCUT2D eigenvalue weighted by Gasteiger charge is 2.36. The van der Waals surface area contributed by atoms with Crippen LogP contribution >= 0.6 is 15.9 Å². The molecule has 0 saturated heterocycles. The number of carbonyl (C=O) groups excluding carboxylic acids is 2. The summed E-state index contributed by atoms with van der Waals surface area (Å²) in [6.07, 6.45) is -0.827. The minimum Gasteiger partial charge on any atom is -0.481 e. The fraction of sp³-hybridized carbons (Fsp3) is 0.167. The van der Waals surface area contributed by atoms with Crippen molar-refractivity contribution in [3.63, 3.8) is 0 Å². The van der Waals surface area contributed by atoms with Gasteiger partial charge in [0.2, 0.25) is 5.91 Å². The molecule has 158 valence electrons. The summed E-state index contributed by atoms with van der Waals surface area (Å²) >= 11 is 3.47. The van der Waals surface area contributed by atoms with Gasteiger partial charge in [0.1, 0.15) is 18.1 Å². The van der Waals surface area contributed by atoms with E-state index in [2.05, 4.69) is 21.2 Å². The second kappa shape index (κ2) is 8.89. The number of anilines is 1. The Morgan fingerprint density at radius 2 is 1.84 bits per heavy atom. The molecule has 0 spiro atoms. The third-order valence-electron chi connectivity index (χ3n) is 5.08. The van der Waals surface area contributed by atoms with Gasteiger partial charge >= 0.3 is 0 Å². The molecule has 7 heteroatoms. The Bertz CT molecular complexity index is 1110. The molecule has 31 heavy (non-hydrogen) atoms. The monoisotopic (exact) mass is 482 g/mol. The number of benzene rings is 3. The summed E-state index contributed by atoms with van der Waals surface area (Å²) in [6.45, 7) is 1.50. The first kappa shape index (κ1) is 21.1. The van der Waals surface area contributed by atoms with Crippen LogP contribution in [0, 0.1) is 5.82 Å². The topological polar surface area (TPSA) is 58.6 Å². The van der Waals surface area contributed by atoms with Gasteiger partial charge in [0.15, 0.2) is 6.10 Å². The molecule has 4 rings (SSSR count). The molecule has 3 aromatic rings. The normalized spacial score (nSPS) is 16.7. The van der Waals surface area contributed by atoms with Crippen LogP contribution in [0.4, 0.5) is 10.1 Å². The molecule has 0 fully saturated rings. The number of hydrogen-bond donors (Lipinski definition) is 1. The van der Waals surface area contributed by atoms with Gasteiger partial charge in [-0.15, -0.1) is 0 Å². The van der Waals surface area contributed by atoms with Gasteiger partial charge in [-0.25, -0.2) is 4.39 Å². The van der Waals surface area contributed by atoms with E-state index in [9.17, 15) is 14.0 Å². The minimum atomic E-state index is -0.827. The molecule has 3 aromatic carbocycles. The average Bonchev–Trinajstić information content (AvgIpc) is 2.90. The molecule has 1 aliphatic heterocycles. The number of carbonyl (C=O) groups is 2. The number of hydrogen-bond acceptors (Lipinski definition) is 3. The zero-order valence-corrected chi connectivity index (χ0v) is 18.3. The summed E-state index contributed by atoms with van der Waals surface area (Å²) in [5, 5.41) is 2.87. The van der Waals surface area contributed by atoms with Gasteiger partial charge < -0.3 is 15.0 Å². The number of ether oxygens (including phenoxy) is 1. The van der Waals surface area contributed by atoms with Crippen molar-refractivity contribution in [1.29, 1.82) is 0 Å². The van der Waals surface area contributed by atoms with Gasteiger partial charge in [0.25, 0.3) is 5.91 Å². The van der Waals surface area contributed by atoms with Gasteiger partial charge in [-0.3, -0.25) is 9.59 Å². The number of amides is 2. The zero-order chi connectivity index (χ0) is 22.0. The lowest BCUT2D eigenvalue weighted by Gasteiger charge is -2.32. The number of halogens is 2. The van der Waals surface area contributed by atoms with Gasteiger partial charge in [-0.2, -0.15) is 0 Å². The molecule has 1 heterocycles. The number of nitrogens with one attached hydrogen (secondary N) is 1. The summed E-state index contributed by atoms with van der Waals surface area (Å²) in [7, 11) is 0. The van der Waals surface area contributed by atoms with Crippen molar-refractivity contribution in [3.05, 3.63) is 94.2 Å². The lowest BCUT2D eigenvalue weighted by molar-refractivity contribution is -0.142. The first-order valence-corrected chi connectivity index (χ1v) is 10.6. The quantitative estimate of drug-likeness (QED) is 0.573. The first-order valence-electron chi connectivity index (χ1n) is 9.79. The van der Waals surface area contributed by atoms with Crippen molar-refractivity contribution in [2.75, 3.05) is 11.9 Å². The molecule has 5 nitrogen and oxygen atoms in total. The summed E-state index contributed by atoms with van der Waals surface area (Å²) in [5.41, 5.74) is 2.03. The molecule has 2 amide bonds. The van der Waals surface area contributed by atoms with Crippen molar-refractivity contribution >= 4 is 33.4 Å². The molecule has 0 aromatic heterocycles. The predicted molar refractivity (Wildman–Crippen MR) is 119 cm³/mol. The van der Waals surface area contributed by atoms with Gasteiger partial charge in [-0.05, 0) is 55.0 Å². The van der Waals surface area contributed by atoms with E-state index < -0.39 is 12.1 Å². The minimum absolute atomic E-state index is 0.157. The van der Waals surface area contributed by atoms with E-state index in [0.717, 1.165) is 10.0 Å². The highest BCUT2D eigenvalue weighted by molar-refractivity contribution is 9.10. The fourth-order valence-electron chi connectivity index (χ4n) is 3.67. The van der Waals surface area contributed by atoms with Crippen LogP contribution in [0.5, 0.6) is 5.75 Å². The zero-order valence-electron chi connectivity index (χ0n) is 16.7. The van der Waals surface area contributed by atoms with Crippen LogP contribution in [-0.4, -0.2) is 29.4 Å². The van der Waals surface area contributed by atoms with Crippen LogP contribution in [0.3, 0.4) is 0 Å². The van der Waals surface area contributed by atoms with Crippen LogP contribution < -0.4 is 10.1 Å². The highest BCUT2D eigenvalue weighted by atomic mass is 79.9. The van der Waals surface area contributed by atoms with Crippen molar-refractivity contribution in [2.45, 2.75) is 19.1 Å². The molecule has 2 atom stereocenters. The van der Waals surface area contributed by atoms with Crippen molar-refractivity contribution in [3.8, 4) is 5.75 Å². The number of nitrogens with zero attached hydrogens (tertiary/aromatic N) is 1. The lowest BCUT2D eigenvalue weighted by Crippen LogP contribution is -2.45. The van der Waals surface area contributed by atoms with Crippen molar-refractivity contribution in [2.24, 2.45) is 0 Å². The van der Waals surface area contributed by atoms with E-state index in [1.54, 1.807) is 37.3 Å². The maximum atomic E-state index is 13.6. The SMILES string of the molecule is C[C@@H](Oc1ccccc1)C(=O)N1CC(=O)Nc2ccc(Br)cc2[C@H]1c1ccc(F)cc1. The van der Waals surface area contributed by atoms with Crippen LogP contribution in [0.1, 0.15) is 24.1 Å². The maximum Gasteiger partial charge on any atom is 0.264 e. The molecule has 0 bridgehead atoms. The summed E-state index contributed by atoms with van der Waals surface area (Å²) in [4.78, 5) is 27.6. The van der Waals surface area contributed by atoms with Gasteiger partial charge in [-0.1, -0.05) is 46.3 Å². The number of fused-ring (bicyclic) bond motifs is 1. The molecule has 0 unspecified atom stereocenters. The second-order valence-corrected chi connectivity index (χ2v) is 8.19. The molecule has 0 saturated carbocycles.